The number of hydrogen-bond donors (Lipinski definition) is 1. The zero-order valence-corrected chi connectivity index (χ0v) is 9.41. The second-order valence-corrected chi connectivity index (χ2v) is 3.60. The fourth-order valence-corrected chi connectivity index (χ4v) is 1.28. The zero-order valence-electron chi connectivity index (χ0n) is 9.41. The van der Waals surface area contributed by atoms with Crippen molar-refractivity contribution in [1.29, 1.82) is 0 Å². The van der Waals surface area contributed by atoms with Crippen LogP contribution in [-0.2, 0) is 4.74 Å². The summed E-state index contributed by atoms with van der Waals surface area (Å²) in [5, 5.41) is 3.23. The lowest BCUT2D eigenvalue weighted by atomic mass is 10.2. The highest BCUT2D eigenvalue weighted by molar-refractivity contribution is 5.90. The minimum absolute atomic E-state index is 0.273. The van der Waals surface area contributed by atoms with Gasteiger partial charge in [-0.05, 0) is 39.0 Å². The van der Waals surface area contributed by atoms with Gasteiger partial charge in [0.25, 0.3) is 0 Å². The van der Waals surface area contributed by atoms with E-state index in [9.17, 15) is 4.79 Å². The van der Waals surface area contributed by atoms with Gasteiger partial charge in [-0.15, -0.1) is 0 Å². The lowest BCUT2D eigenvalue weighted by molar-refractivity contribution is 0.0526. The minimum Gasteiger partial charge on any atom is -0.462 e. The molecule has 0 saturated heterocycles. The molecule has 3 heteroatoms. The van der Waals surface area contributed by atoms with Crippen LogP contribution < -0.4 is 5.32 Å². The van der Waals surface area contributed by atoms with Crippen LogP contribution in [0.15, 0.2) is 24.3 Å². The van der Waals surface area contributed by atoms with Crippen molar-refractivity contribution in [2.24, 2.45) is 0 Å². The molecule has 0 heterocycles. The monoisotopic (exact) mass is 207 g/mol. The summed E-state index contributed by atoms with van der Waals surface area (Å²) in [5.74, 6) is -0.273. The van der Waals surface area contributed by atoms with Gasteiger partial charge in [0.2, 0.25) is 0 Å². The normalized spacial score (nSPS) is 10.1. The van der Waals surface area contributed by atoms with Crippen molar-refractivity contribution in [2.45, 2.75) is 26.8 Å². The van der Waals surface area contributed by atoms with Crippen LogP contribution in [0.3, 0.4) is 0 Å². The molecule has 0 saturated carbocycles. The van der Waals surface area contributed by atoms with Crippen LogP contribution in [-0.4, -0.2) is 18.6 Å². The topological polar surface area (TPSA) is 38.3 Å². The van der Waals surface area contributed by atoms with E-state index in [0.29, 0.717) is 18.2 Å². The molecule has 0 unspecified atom stereocenters. The highest BCUT2D eigenvalue weighted by Crippen LogP contribution is 2.12. The van der Waals surface area contributed by atoms with Gasteiger partial charge in [0.15, 0.2) is 0 Å². The van der Waals surface area contributed by atoms with E-state index in [0.717, 1.165) is 5.69 Å². The summed E-state index contributed by atoms with van der Waals surface area (Å²) >= 11 is 0. The molecule has 0 amide bonds. The van der Waals surface area contributed by atoms with Crippen LogP contribution in [0, 0.1) is 0 Å². The summed E-state index contributed by atoms with van der Waals surface area (Å²) in [6.45, 7) is 6.31. The van der Waals surface area contributed by atoms with E-state index in [1.807, 2.05) is 12.1 Å². The molecule has 0 aliphatic heterocycles. The summed E-state index contributed by atoms with van der Waals surface area (Å²) in [5.41, 5.74) is 1.53. The lowest BCUT2D eigenvalue weighted by Crippen LogP contribution is -2.11. The molecular formula is C12H17NO2. The Hall–Kier alpha value is -1.51. The van der Waals surface area contributed by atoms with Crippen LogP contribution >= 0.6 is 0 Å². The number of ether oxygens (including phenoxy) is 1. The minimum atomic E-state index is -0.273. The number of carbonyl (C=O) groups is 1. The number of carbonyl (C=O) groups excluding carboxylic acids is 1. The predicted molar refractivity (Wildman–Crippen MR) is 61.2 cm³/mol. The van der Waals surface area contributed by atoms with E-state index in [4.69, 9.17) is 4.74 Å². The van der Waals surface area contributed by atoms with E-state index in [-0.39, 0.29) is 5.97 Å². The molecule has 1 aromatic rings. The van der Waals surface area contributed by atoms with Crippen molar-refractivity contribution in [3.63, 3.8) is 0 Å². The van der Waals surface area contributed by atoms with Gasteiger partial charge in [-0.1, -0.05) is 6.07 Å². The fraction of sp³-hybridized carbons (Fsp3) is 0.417. The molecule has 0 aliphatic rings. The molecule has 3 nitrogen and oxygen atoms in total. The highest BCUT2D eigenvalue weighted by atomic mass is 16.5. The van der Waals surface area contributed by atoms with Crippen LogP contribution in [0.25, 0.3) is 0 Å². The number of benzene rings is 1. The van der Waals surface area contributed by atoms with Gasteiger partial charge in [0, 0.05) is 11.7 Å². The Morgan fingerprint density at radius 2 is 2.20 bits per heavy atom. The van der Waals surface area contributed by atoms with Crippen LogP contribution in [0.1, 0.15) is 31.1 Å². The molecule has 0 radical (unpaired) electrons. The molecule has 0 spiro atoms. The maximum Gasteiger partial charge on any atom is 0.338 e. The quantitative estimate of drug-likeness (QED) is 0.771. The third-order valence-corrected chi connectivity index (χ3v) is 1.83. The van der Waals surface area contributed by atoms with Gasteiger partial charge in [0.05, 0.1) is 12.2 Å². The molecule has 82 valence electrons. The summed E-state index contributed by atoms with van der Waals surface area (Å²) in [6.07, 6.45) is 0. The van der Waals surface area contributed by atoms with Crippen molar-refractivity contribution in [1.82, 2.24) is 0 Å². The van der Waals surface area contributed by atoms with Crippen molar-refractivity contribution in [2.75, 3.05) is 11.9 Å². The van der Waals surface area contributed by atoms with Gasteiger partial charge in [-0.3, -0.25) is 0 Å². The second-order valence-electron chi connectivity index (χ2n) is 3.60. The first-order valence-corrected chi connectivity index (χ1v) is 5.17. The Kier molecular flexibility index (Phi) is 4.16. The third kappa shape index (κ3) is 3.62. The Morgan fingerprint density at radius 3 is 2.80 bits per heavy atom. The number of esters is 1. The van der Waals surface area contributed by atoms with Gasteiger partial charge in [-0.2, -0.15) is 0 Å². The molecule has 0 atom stereocenters. The summed E-state index contributed by atoms with van der Waals surface area (Å²) < 4.78 is 4.92. The average Bonchev–Trinajstić information content (AvgIpc) is 2.17. The molecule has 0 aromatic heterocycles. The maximum absolute atomic E-state index is 11.4. The van der Waals surface area contributed by atoms with E-state index in [1.54, 1.807) is 19.1 Å². The fourth-order valence-electron chi connectivity index (χ4n) is 1.28. The Bertz CT molecular complexity index is 334. The SMILES string of the molecule is CCOC(=O)c1cccc(NC(C)C)c1. The van der Waals surface area contributed by atoms with E-state index >= 15 is 0 Å². The first-order chi connectivity index (χ1) is 7.13. The van der Waals surface area contributed by atoms with Crippen LogP contribution in [0.2, 0.25) is 0 Å². The highest BCUT2D eigenvalue weighted by Gasteiger charge is 2.06. The third-order valence-electron chi connectivity index (χ3n) is 1.83. The van der Waals surface area contributed by atoms with E-state index < -0.39 is 0 Å². The lowest BCUT2D eigenvalue weighted by Gasteiger charge is -2.10. The summed E-state index contributed by atoms with van der Waals surface area (Å²) in [7, 11) is 0. The predicted octanol–water partition coefficient (Wildman–Crippen LogP) is 2.68. The number of anilines is 1. The number of nitrogens with one attached hydrogen (secondary N) is 1. The van der Waals surface area contributed by atoms with Crippen molar-refractivity contribution in [3.8, 4) is 0 Å². The maximum atomic E-state index is 11.4. The second kappa shape index (κ2) is 5.39. The first kappa shape index (κ1) is 11.6. The molecule has 1 N–H and O–H groups in total. The summed E-state index contributed by atoms with van der Waals surface area (Å²) in [6, 6.07) is 7.68. The Balaban J connectivity index is 2.78. The molecule has 1 rings (SSSR count). The largest absolute Gasteiger partial charge is 0.462 e. The standard InChI is InChI=1S/C12H17NO2/c1-4-15-12(14)10-6-5-7-11(8-10)13-9(2)3/h5-9,13H,4H2,1-3H3. The number of hydrogen-bond acceptors (Lipinski definition) is 3. The van der Waals surface area contributed by atoms with Crippen LogP contribution in [0.5, 0.6) is 0 Å². The number of rotatable bonds is 4. The van der Waals surface area contributed by atoms with Crippen molar-refractivity contribution in [3.05, 3.63) is 29.8 Å². The molecule has 0 aliphatic carbocycles. The smallest absolute Gasteiger partial charge is 0.338 e. The molecule has 0 fully saturated rings. The zero-order chi connectivity index (χ0) is 11.3. The van der Waals surface area contributed by atoms with E-state index in [2.05, 4.69) is 19.2 Å². The van der Waals surface area contributed by atoms with Gasteiger partial charge < -0.3 is 10.1 Å². The molecule has 0 bridgehead atoms. The Morgan fingerprint density at radius 1 is 1.47 bits per heavy atom. The molecular weight excluding hydrogens is 190 g/mol. The average molecular weight is 207 g/mol. The van der Waals surface area contributed by atoms with E-state index in [1.165, 1.54) is 0 Å². The first-order valence-electron chi connectivity index (χ1n) is 5.17. The van der Waals surface area contributed by atoms with Gasteiger partial charge in [0.1, 0.15) is 0 Å². The van der Waals surface area contributed by atoms with Gasteiger partial charge >= 0.3 is 5.97 Å². The Labute approximate surface area is 90.4 Å². The van der Waals surface area contributed by atoms with Crippen molar-refractivity contribution >= 4 is 11.7 Å². The van der Waals surface area contributed by atoms with Crippen LogP contribution in [0.4, 0.5) is 5.69 Å². The van der Waals surface area contributed by atoms with Crippen molar-refractivity contribution < 1.29 is 9.53 Å². The molecule has 15 heavy (non-hydrogen) atoms. The molecule has 1 aromatic carbocycles. The summed E-state index contributed by atoms with van der Waals surface area (Å²) in [4.78, 5) is 11.4. The van der Waals surface area contributed by atoms with Gasteiger partial charge in [-0.25, -0.2) is 4.79 Å².